The van der Waals surface area contributed by atoms with Crippen LogP contribution in [0.2, 0.25) is 0 Å². The third kappa shape index (κ3) is 4.27. The molecule has 1 aliphatic heterocycles. The Labute approximate surface area is 161 Å². The highest BCUT2D eigenvalue weighted by Crippen LogP contribution is 2.18. The maximum Gasteiger partial charge on any atom is 0.319 e. The first kappa shape index (κ1) is 18.9. The number of amides is 1. The van der Waals surface area contributed by atoms with Gasteiger partial charge in [-0.1, -0.05) is 24.3 Å². The number of Topliss-reactive ketones (excluding diaryl/α,β-unsaturated/α-hetero) is 2. The lowest BCUT2D eigenvalue weighted by Crippen LogP contribution is -2.29. The van der Waals surface area contributed by atoms with Crippen LogP contribution in [-0.2, 0) is 9.59 Å². The fourth-order valence-corrected chi connectivity index (χ4v) is 2.59. The Morgan fingerprint density at radius 3 is 1.89 bits per heavy atom. The standard InChI is InChI=1S/C21H17N3O4/c1-12(25)14-5-3-7-16(9-14)22-18-11-19(27)21(28)24-20(18)23-17-8-4-6-15(10-17)13(2)26/h3-11,22H,1-2H3,(H,23,24,28). The maximum atomic E-state index is 11.8. The summed E-state index contributed by atoms with van der Waals surface area (Å²) in [6, 6.07) is 13.5. The van der Waals surface area contributed by atoms with Crippen molar-refractivity contribution in [2.45, 2.75) is 13.8 Å². The van der Waals surface area contributed by atoms with Gasteiger partial charge in [-0.05, 0) is 38.1 Å². The molecule has 0 radical (unpaired) electrons. The Hall–Kier alpha value is -3.87. The van der Waals surface area contributed by atoms with Crippen LogP contribution in [0.3, 0.4) is 0 Å². The smallest absolute Gasteiger partial charge is 0.319 e. The summed E-state index contributed by atoms with van der Waals surface area (Å²) in [6.07, 6.45) is 1.15. The number of carbonyl (C=O) groups is 4. The highest BCUT2D eigenvalue weighted by molar-refractivity contribution is 6.46. The summed E-state index contributed by atoms with van der Waals surface area (Å²) in [7, 11) is 0. The van der Waals surface area contributed by atoms with E-state index in [1.807, 2.05) is 0 Å². The predicted molar refractivity (Wildman–Crippen MR) is 106 cm³/mol. The Kier molecular flexibility index (Phi) is 5.26. The molecular weight excluding hydrogens is 358 g/mol. The Bertz CT molecular complexity index is 981. The third-order valence-electron chi connectivity index (χ3n) is 4.03. The number of hydrogen-bond donors (Lipinski definition) is 2. The molecule has 0 saturated carbocycles. The molecule has 0 unspecified atom stereocenters. The van der Waals surface area contributed by atoms with Crippen LogP contribution in [0, 0.1) is 0 Å². The first-order valence-electron chi connectivity index (χ1n) is 8.48. The van der Waals surface area contributed by atoms with Gasteiger partial charge in [0.2, 0.25) is 5.78 Å². The van der Waals surface area contributed by atoms with Crippen LogP contribution in [0.25, 0.3) is 0 Å². The molecule has 1 aliphatic rings. The van der Waals surface area contributed by atoms with E-state index < -0.39 is 11.7 Å². The number of dihydropyridines is 1. The summed E-state index contributed by atoms with van der Waals surface area (Å²) in [5.74, 6) is -1.71. The fourth-order valence-electron chi connectivity index (χ4n) is 2.59. The number of hydrogen-bond acceptors (Lipinski definition) is 6. The van der Waals surface area contributed by atoms with Crippen LogP contribution in [0.1, 0.15) is 34.6 Å². The molecule has 0 aliphatic carbocycles. The molecule has 0 saturated heterocycles. The number of benzene rings is 2. The summed E-state index contributed by atoms with van der Waals surface area (Å²) in [5, 5.41) is 5.97. The van der Waals surface area contributed by atoms with Crippen LogP contribution in [0.15, 0.2) is 65.3 Å². The van der Waals surface area contributed by atoms with Crippen molar-refractivity contribution in [3.05, 3.63) is 71.4 Å². The van der Waals surface area contributed by atoms with Crippen molar-refractivity contribution in [1.29, 1.82) is 0 Å². The van der Waals surface area contributed by atoms with Gasteiger partial charge in [0.05, 0.1) is 5.70 Å². The van der Waals surface area contributed by atoms with E-state index in [0.29, 0.717) is 22.5 Å². The van der Waals surface area contributed by atoms with Gasteiger partial charge in [0.15, 0.2) is 17.4 Å². The van der Waals surface area contributed by atoms with Crippen LogP contribution in [0.4, 0.5) is 11.4 Å². The van der Waals surface area contributed by atoms with Gasteiger partial charge in [-0.3, -0.25) is 19.2 Å². The van der Waals surface area contributed by atoms with Crippen molar-refractivity contribution in [2.75, 3.05) is 10.6 Å². The van der Waals surface area contributed by atoms with Crippen molar-refractivity contribution in [2.24, 2.45) is 4.99 Å². The lowest BCUT2D eigenvalue weighted by atomic mass is 10.1. The number of aliphatic imine (C=N–C) groups is 1. The van der Waals surface area contributed by atoms with Gasteiger partial charge in [0, 0.05) is 28.6 Å². The molecule has 7 nitrogen and oxygen atoms in total. The molecule has 0 aromatic heterocycles. The summed E-state index contributed by atoms with van der Waals surface area (Å²) < 4.78 is 0. The Morgan fingerprint density at radius 1 is 0.821 bits per heavy atom. The molecule has 140 valence electrons. The van der Waals surface area contributed by atoms with Crippen LogP contribution in [-0.4, -0.2) is 29.1 Å². The van der Waals surface area contributed by atoms with E-state index in [2.05, 4.69) is 15.6 Å². The van der Waals surface area contributed by atoms with Gasteiger partial charge < -0.3 is 10.6 Å². The molecule has 2 N–H and O–H groups in total. The van der Waals surface area contributed by atoms with E-state index in [4.69, 9.17) is 0 Å². The van der Waals surface area contributed by atoms with Crippen molar-refractivity contribution >= 4 is 40.5 Å². The summed E-state index contributed by atoms with van der Waals surface area (Å²) in [4.78, 5) is 50.5. The number of anilines is 2. The fraction of sp³-hybridized carbons (Fsp3) is 0.0952. The van der Waals surface area contributed by atoms with E-state index in [9.17, 15) is 19.2 Å². The van der Waals surface area contributed by atoms with Crippen LogP contribution < -0.4 is 10.6 Å². The first-order valence-corrected chi connectivity index (χ1v) is 8.48. The van der Waals surface area contributed by atoms with Crippen molar-refractivity contribution in [3.8, 4) is 0 Å². The molecular formula is C21H17N3O4. The molecule has 0 atom stereocenters. The Balaban J connectivity index is 1.90. The zero-order valence-corrected chi connectivity index (χ0v) is 15.3. The largest absolute Gasteiger partial charge is 0.352 e. The SMILES string of the molecule is CC(=O)c1cccc(NC2=CC(=O)C(=O)N=C2Nc2cccc(C(C)=O)c2)c1. The maximum absolute atomic E-state index is 11.8. The molecule has 28 heavy (non-hydrogen) atoms. The first-order chi connectivity index (χ1) is 13.3. The van der Waals surface area contributed by atoms with Crippen molar-refractivity contribution in [1.82, 2.24) is 0 Å². The number of carbonyl (C=O) groups excluding carboxylic acids is 4. The molecule has 1 amide bonds. The number of nitrogens with one attached hydrogen (secondary N) is 2. The van der Waals surface area contributed by atoms with Crippen LogP contribution >= 0.6 is 0 Å². The second-order valence-corrected chi connectivity index (χ2v) is 6.21. The molecule has 0 bridgehead atoms. The minimum Gasteiger partial charge on any atom is -0.352 e. The van der Waals surface area contributed by atoms with E-state index >= 15 is 0 Å². The van der Waals surface area contributed by atoms with Gasteiger partial charge in [-0.15, -0.1) is 0 Å². The topological polar surface area (TPSA) is 105 Å². The molecule has 2 aromatic carbocycles. The number of ketones is 3. The second-order valence-electron chi connectivity index (χ2n) is 6.21. The minimum absolute atomic E-state index is 0.0967. The van der Waals surface area contributed by atoms with E-state index in [1.165, 1.54) is 13.8 Å². The van der Waals surface area contributed by atoms with Gasteiger partial charge in [-0.2, -0.15) is 4.99 Å². The average Bonchev–Trinajstić information content (AvgIpc) is 2.66. The summed E-state index contributed by atoms with van der Waals surface area (Å²) in [6.45, 7) is 2.91. The van der Waals surface area contributed by atoms with Crippen LogP contribution in [0.5, 0.6) is 0 Å². The number of amidine groups is 1. The molecule has 2 aromatic rings. The van der Waals surface area contributed by atoms with E-state index in [0.717, 1.165) is 6.08 Å². The second kappa shape index (κ2) is 7.79. The van der Waals surface area contributed by atoms with Gasteiger partial charge >= 0.3 is 5.91 Å². The monoisotopic (exact) mass is 375 g/mol. The summed E-state index contributed by atoms with van der Waals surface area (Å²) >= 11 is 0. The number of rotatable bonds is 5. The van der Waals surface area contributed by atoms with Gasteiger partial charge in [-0.25, -0.2) is 0 Å². The lowest BCUT2D eigenvalue weighted by molar-refractivity contribution is -0.133. The van der Waals surface area contributed by atoms with Gasteiger partial charge in [0.1, 0.15) is 0 Å². The summed E-state index contributed by atoms with van der Waals surface area (Å²) in [5.41, 5.74) is 2.38. The zero-order chi connectivity index (χ0) is 20.3. The number of nitrogens with zero attached hydrogens (tertiary/aromatic N) is 1. The highest BCUT2D eigenvalue weighted by Gasteiger charge is 2.22. The molecule has 0 fully saturated rings. The van der Waals surface area contributed by atoms with Crippen molar-refractivity contribution in [3.63, 3.8) is 0 Å². The molecule has 0 spiro atoms. The van der Waals surface area contributed by atoms with E-state index in [-0.39, 0.29) is 23.1 Å². The normalized spacial score (nSPS) is 13.5. The predicted octanol–water partition coefficient (Wildman–Crippen LogP) is 3.01. The quantitative estimate of drug-likeness (QED) is 0.615. The molecule has 1 heterocycles. The molecule has 7 heteroatoms. The lowest BCUT2D eigenvalue weighted by Gasteiger charge is -2.18. The molecule has 3 rings (SSSR count). The van der Waals surface area contributed by atoms with E-state index in [1.54, 1.807) is 48.5 Å². The Morgan fingerprint density at radius 2 is 1.36 bits per heavy atom. The minimum atomic E-state index is -0.895. The zero-order valence-electron chi connectivity index (χ0n) is 15.3. The van der Waals surface area contributed by atoms with Crippen molar-refractivity contribution < 1.29 is 19.2 Å². The highest BCUT2D eigenvalue weighted by atomic mass is 16.2. The third-order valence-corrected chi connectivity index (χ3v) is 4.03. The average molecular weight is 375 g/mol. The van der Waals surface area contributed by atoms with Gasteiger partial charge in [0.25, 0.3) is 0 Å².